The summed E-state index contributed by atoms with van der Waals surface area (Å²) in [5.41, 5.74) is 5.29. The van der Waals surface area contributed by atoms with Crippen LogP contribution in [0.25, 0.3) is 0 Å². The minimum absolute atomic E-state index is 0.0736. The van der Waals surface area contributed by atoms with E-state index in [2.05, 4.69) is 4.90 Å². The van der Waals surface area contributed by atoms with Crippen molar-refractivity contribution in [3.63, 3.8) is 0 Å². The van der Waals surface area contributed by atoms with E-state index in [9.17, 15) is 18.0 Å². The van der Waals surface area contributed by atoms with Crippen LogP contribution in [0.15, 0.2) is 0 Å². The highest BCUT2D eigenvalue weighted by Crippen LogP contribution is 2.33. The monoisotopic (exact) mass is 293 g/mol. The first-order valence-corrected chi connectivity index (χ1v) is 7.09. The summed E-state index contributed by atoms with van der Waals surface area (Å²) in [5, 5.41) is 0. The standard InChI is InChI=1S/C13H22F3N3O/c1-18-8-10(2-3-11(18)13(14,15)16)19-6-4-9(5-7-19)12(17)20/h9-11H,2-8H2,1H3,(H2,17,20)/t10-,11-/m1/s1. The molecule has 2 aliphatic heterocycles. The summed E-state index contributed by atoms with van der Waals surface area (Å²) in [6, 6.07) is -1.16. The second-order valence-corrected chi connectivity index (χ2v) is 5.94. The largest absolute Gasteiger partial charge is 0.404 e. The number of piperidine rings is 2. The molecule has 2 N–H and O–H groups in total. The molecule has 2 fully saturated rings. The number of likely N-dealkylation sites (tertiary alicyclic amines) is 2. The first-order valence-electron chi connectivity index (χ1n) is 7.09. The van der Waals surface area contributed by atoms with Crippen LogP contribution in [-0.4, -0.2) is 60.6 Å². The van der Waals surface area contributed by atoms with Crippen LogP contribution in [-0.2, 0) is 4.79 Å². The van der Waals surface area contributed by atoms with E-state index >= 15 is 0 Å². The van der Waals surface area contributed by atoms with E-state index in [0.717, 1.165) is 25.9 Å². The van der Waals surface area contributed by atoms with Gasteiger partial charge in [0.1, 0.15) is 6.04 Å². The van der Waals surface area contributed by atoms with Gasteiger partial charge >= 0.3 is 6.18 Å². The number of rotatable bonds is 2. The Morgan fingerprint density at radius 2 is 1.75 bits per heavy atom. The van der Waals surface area contributed by atoms with E-state index in [1.807, 2.05) is 0 Å². The van der Waals surface area contributed by atoms with Crippen molar-refractivity contribution in [1.82, 2.24) is 9.80 Å². The van der Waals surface area contributed by atoms with Crippen molar-refractivity contribution in [1.29, 1.82) is 0 Å². The topological polar surface area (TPSA) is 49.6 Å². The molecule has 4 nitrogen and oxygen atoms in total. The molecule has 0 aromatic carbocycles. The Morgan fingerprint density at radius 3 is 2.20 bits per heavy atom. The van der Waals surface area contributed by atoms with E-state index in [-0.39, 0.29) is 24.3 Å². The number of hydrogen-bond donors (Lipinski definition) is 1. The normalized spacial score (nSPS) is 31.4. The molecule has 2 atom stereocenters. The lowest BCUT2D eigenvalue weighted by Crippen LogP contribution is -2.56. The molecule has 1 amide bonds. The van der Waals surface area contributed by atoms with E-state index in [1.54, 1.807) is 7.05 Å². The Labute approximate surface area is 117 Å². The maximum atomic E-state index is 12.8. The number of primary amides is 1. The number of likely N-dealkylation sites (N-methyl/N-ethyl adjacent to an activating group) is 1. The molecule has 7 heteroatoms. The number of nitrogens with zero attached hydrogens (tertiary/aromatic N) is 2. The average molecular weight is 293 g/mol. The highest BCUT2D eigenvalue weighted by molar-refractivity contribution is 5.76. The van der Waals surface area contributed by atoms with Gasteiger partial charge < -0.3 is 5.73 Å². The van der Waals surface area contributed by atoms with Crippen LogP contribution in [0.2, 0.25) is 0 Å². The Morgan fingerprint density at radius 1 is 1.15 bits per heavy atom. The fourth-order valence-electron chi connectivity index (χ4n) is 3.38. The van der Waals surface area contributed by atoms with Gasteiger partial charge in [0.05, 0.1) is 0 Å². The summed E-state index contributed by atoms with van der Waals surface area (Å²) in [7, 11) is 1.54. The molecule has 2 saturated heterocycles. The number of carbonyl (C=O) groups is 1. The van der Waals surface area contributed by atoms with Crippen LogP contribution in [0.1, 0.15) is 25.7 Å². The molecule has 0 aromatic rings. The molecule has 2 rings (SSSR count). The van der Waals surface area contributed by atoms with Crippen molar-refractivity contribution >= 4 is 5.91 Å². The Balaban J connectivity index is 1.86. The molecule has 2 aliphatic rings. The third kappa shape index (κ3) is 3.44. The highest BCUT2D eigenvalue weighted by atomic mass is 19.4. The molecule has 0 saturated carbocycles. The van der Waals surface area contributed by atoms with Gasteiger partial charge in [-0.25, -0.2) is 0 Å². The van der Waals surface area contributed by atoms with Gasteiger partial charge in [-0.3, -0.25) is 14.6 Å². The van der Waals surface area contributed by atoms with Gasteiger partial charge in [-0.1, -0.05) is 0 Å². The number of amides is 1. The quantitative estimate of drug-likeness (QED) is 0.832. The average Bonchev–Trinajstić information content (AvgIpc) is 2.37. The van der Waals surface area contributed by atoms with Crippen molar-refractivity contribution in [2.24, 2.45) is 11.7 Å². The van der Waals surface area contributed by atoms with E-state index < -0.39 is 12.2 Å². The summed E-state index contributed by atoms with van der Waals surface area (Å²) in [4.78, 5) is 14.7. The molecule has 2 heterocycles. The summed E-state index contributed by atoms with van der Waals surface area (Å²) in [6.07, 6.45) is -1.98. The molecule has 20 heavy (non-hydrogen) atoms. The van der Waals surface area contributed by atoms with Crippen molar-refractivity contribution in [3.8, 4) is 0 Å². The van der Waals surface area contributed by atoms with Crippen LogP contribution in [0.3, 0.4) is 0 Å². The minimum Gasteiger partial charge on any atom is -0.369 e. The fourth-order valence-corrected chi connectivity index (χ4v) is 3.38. The SMILES string of the molecule is CN1C[C@H](N2CCC(C(N)=O)CC2)CC[C@@H]1C(F)(F)F. The first kappa shape index (κ1) is 15.6. The van der Waals surface area contributed by atoms with Crippen LogP contribution >= 0.6 is 0 Å². The van der Waals surface area contributed by atoms with Gasteiger partial charge in [0, 0.05) is 18.5 Å². The lowest BCUT2D eigenvalue weighted by molar-refractivity contribution is -0.191. The van der Waals surface area contributed by atoms with E-state index in [4.69, 9.17) is 5.73 Å². The summed E-state index contributed by atoms with van der Waals surface area (Å²) in [6.45, 7) is 1.94. The van der Waals surface area contributed by atoms with E-state index in [1.165, 1.54) is 4.90 Å². The molecule has 0 aromatic heterocycles. The van der Waals surface area contributed by atoms with Crippen molar-refractivity contribution < 1.29 is 18.0 Å². The maximum absolute atomic E-state index is 12.8. The lowest BCUT2D eigenvalue weighted by Gasteiger charge is -2.44. The van der Waals surface area contributed by atoms with Crippen LogP contribution in [0.5, 0.6) is 0 Å². The van der Waals surface area contributed by atoms with Gasteiger partial charge in [0.25, 0.3) is 0 Å². The van der Waals surface area contributed by atoms with Crippen LogP contribution in [0.4, 0.5) is 13.2 Å². The molecule has 0 unspecified atom stereocenters. The highest BCUT2D eigenvalue weighted by Gasteiger charge is 2.45. The first-order chi connectivity index (χ1) is 9.29. The predicted molar refractivity (Wildman–Crippen MR) is 69.0 cm³/mol. The van der Waals surface area contributed by atoms with Crippen molar-refractivity contribution in [3.05, 3.63) is 0 Å². The number of nitrogens with two attached hydrogens (primary N) is 1. The third-order valence-electron chi connectivity index (χ3n) is 4.63. The molecule has 0 radical (unpaired) electrons. The van der Waals surface area contributed by atoms with Gasteiger partial charge in [-0.2, -0.15) is 13.2 Å². The number of alkyl halides is 3. The number of halogens is 3. The Kier molecular flexibility index (Phi) is 4.59. The lowest BCUT2D eigenvalue weighted by atomic mass is 9.92. The zero-order chi connectivity index (χ0) is 14.9. The zero-order valence-corrected chi connectivity index (χ0v) is 11.7. The van der Waals surface area contributed by atoms with Crippen LogP contribution in [0, 0.1) is 5.92 Å². The second kappa shape index (κ2) is 5.89. The van der Waals surface area contributed by atoms with Gasteiger partial charge in [-0.05, 0) is 45.8 Å². The Bertz CT molecular complexity index is 353. The minimum atomic E-state index is -4.14. The summed E-state index contributed by atoms with van der Waals surface area (Å²) in [5.74, 6) is -0.335. The van der Waals surface area contributed by atoms with E-state index in [0.29, 0.717) is 13.0 Å². The summed E-state index contributed by atoms with van der Waals surface area (Å²) >= 11 is 0. The van der Waals surface area contributed by atoms with Gasteiger partial charge in [0.2, 0.25) is 5.91 Å². The molecular weight excluding hydrogens is 271 g/mol. The molecule has 0 spiro atoms. The fraction of sp³-hybridized carbons (Fsp3) is 0.923. The predicted octanol–water partition coefficient (Wildman–Crippen LogP) is 1.21. The smallest absolute Gasteiger partial charge is 0.369 e. The van der Waals surface area contributed by atoms with Crippen molar-refractivity contribution in [2.75, 3.05) is 26.7 Å². The van der Waals surface area contributed by atoms with Gasteiger partial charge in [0.15, 0.2) is 0 Å². The maximum Gasteiger partial charge on any atom is 0.404 e. The molecule has 116 valence electrons. The molecular formula is C13H22F3N3O. The number of hydrogen-bond acceptors (Lipinski definition) is 3. The number of carbonyl (C=O) groups excluding carboxylic acids is 1. The second-order valence-electron chi connectivity index (χ2n) is 5.94. The van der Waals surface area contributed by atoms with Crippen LogP contribution < -0.4 is 5.73 Å². The molecule has 0 aliphatic carbocycles. The molecule has 0 bridgehead atoms. The Hall–Kier alpha value is -0.820. The van der Waals surface area contributed by atoms with Crippen molar-refractivity contribution in [2.45, 2.75) is 43.9 Å². The zero-order valence-electron chi connectivity index (χ0n) is 11.7. The van der Waals surface area contributed by atoms with Gasteiger partial charge in [-0.15, -0.1) is 0 Å². The third-order valence-corrected chi connectivity index (χ3v) is 4.63. The summed E-state index contributed by atoms with van der Waals surface area (Å²) < 4.78 is 38.4.